The zero-order valence-electron chi connectivity index (χ0n) is 11.3. The van der Waals surface area contributed by atoms with Crippen LogP contribution in [0.3, 0.4) is 0 Å². The highest BCUT2D eigenvalue weighted by Gasteiger charge is 2.34. The molecule has 4 N–H and O–H groups in total. The summed E-state index contributed by atoms with van der Waals surface area (Å²) >= 11 is 1.23. The molecule has 0 aromatic carbocycles. The smallest absolute Gasteiger partial charge is 0.255 e. The molecule has 0 aliphatic heterocycles. The van der Waals surface area contributed by atoms with E-state index in [2.05, 4.69) is 16.2 Å². The van der Waals surface area contributed by atoms with Crippen LogP contribution in [0.15, 0.2) is 0 Å². The Kier molecular flexibility index (Phi) is 4.26. The number of anilines is 2. The van der Waals surface area contributed by atoms with Crippen molar-refractivity contribution in [2.24, 2.45) is 11.7 Å². The molecule has 1 saturated carbocycles. The van der Waals surface area contributed by atoms with E-state index in [-0.39, 0.29) is 5.82 Å². The van der Waals surface area contributed by atoms with E-state index in [0.717, 1.165) is 5.00 Å². The molecule has 6 nitrogen and oxygen atoms in total. The summed E-state index contributed by atoms with van der Waals surface area (Å²) in [7, 11) is 1.66. The van der Waals surface area contributed by atoms with E-state index in [9.17, 15) is 4.79 Å². The molecule has 1 aromatic rings. The van der Waals surface area contributed by atoms with Crippen molar-refractivity contribution >= 4 is 28.3 Å². The Morgan fingerprint density at radius 2 is 2.32 bits per heavy atom. The first-order chi connectivity index (χ1) is 9.06. The van der Waals surface area contributed by atoms with Gasteiger partial charge in [-0.1, -0.05) is 0 Å². The average Bonchev–Trinajstić information content (AvgIpc) is 3.13. The number of aromatic nitrogens is 1. The molecular formula is C12H20N4O2S. The Morgan fingerprint density at radius 3 is 2.84 bits per heavy atom. The van der Waals surface area contributed by atoms with Crippen molar-refractivity contribution in [2.75, 3.05) is 30.9 Å². The molecule has 0 bridgehead atoms. The van der Waals surface area contributed by atoms with Crippen molar-refractivity contribution in [3.8, 4) is 0 Å². The van der Waals surface area contributed by atoms with Crippen molar-refractivity contribution in [1.29, 1.82) is 0 Å². The van der Waals surface area contributed by atoms with E-state index in [1.165, 1.54) is 24.4 Å². The number of nitrogens with two attached hydrogens (primary N) is 2. The van der Waals surface area contributed by atoms with Gasteiger partial charge in [0, 0.05) is 19.7 Å². The van der Waals surface area contributed by atoms with Gasteiger partial charge in [0.25, 0.3) is 5.91 Å². The Bertz CT molecular complexity index is 459. The lowest BCUT2D eigenvalue weighted by atomic mass is 10.1. The second-order valence-electron chi connectivity index (χ2n) is 4.88. The van der Waals surface area contributed by atoms with E-state index < -0.39 is 5.91 Å². The normalized spacial score (nSPS) is 16.3. The van der Waals surface area contributed by atoms with Crippen molar-refractivity contribution < 1.29 is 9.53 Å². The van der Waals surface area contributed by atoms with E-state index in [0.29, 0.717) is 30.7 Å². The maximum atomic E-state index is 11.5. The fourth-order valence-corrected chi connectivity index (χ4v) is 3.17. The van der Waals surface area contributed by atoms with Crippen molar-refractivity contribution in [2.45, 2.75) is 25.8 Å². The number of carbonyl (C=O) groups excluding carboxylic acids is 1. The maximum absolute atomic E-state index is 11.5. The quantitative estimate of drug-likeness (QED) is 0.781. The third-order valence-electron chi connectivity index (χ3n) is 3.54. The van der Waals surface area contributed by atoms with Gasteiger partial charge in [-0.3, -0.25) is 4.79 Å². The summed E-state index contributed by atoms with van der Waals surface area (Å²) in [6.45, 7) is 3.46. The zero-order valence-corrected chi connectivity index (χ0v) is 12.1. The molecule has 1 unspecified atom stereocenters. The van der Waals surface area contributed by atoms with Crippen LogP contribution in [0.2, 0.25) is 0 Å². The van der Waals surface area contributed by atoms with Gasteiger partial charge >= 0.3 is 0 Å². The maximum Gasteiger partial charge on any atom is 0.255 e. The number of nitrogens with zero attached hydrogens (tertiary/aromatic N) is 2. The van der Waals surface area contributed by atoms with E-state index >= 15 is 0 Å². The predicted octanol–water partition coefficient (Wildman–Crippen LogP) is 1.08. The molecule has 106 valence electrons. The van der Waals surface area contributed by atoms with Crippen LogP contribution in [0.5, 0.6) is 0 Å². The van der Waals surface area contributed by atoms with Crippen LogP contribution < -0.4 is 16.4 Å². The number of carbonyl (C=O) groups is 1. The van der Waals surface area contributed by atoms with Gasteiger partial charge in [-0.2, -0.15) is 4.37 Å². The van der Waals surface area contributed by atoms with Gasteiger partial charge in [0.2, 0.25) is 0 Å². The summed E-state index contributed by atoms with van der Waals surface area (Å²) < 4.78 is 9.21. The van der Waals surface area contributed by atoms with Gasteiger partial charge in [-0.05, 0) is 37.2 Å². The number of hydrogen-bond acceptors (Lipinski definition) is 6. The zero-order chi connectivity index (χ0) is 14.0. The lowest BCUT2D eigenvalue weighted by Crippen LogP contribution is -2.38. The standard InChI is InChI=1S/C12H20N4O2S/c1-7(8-3-4-8)16(5-6-18-2)12-9(11(14)17)10(13)15-19-12/h7-8H,3-6H2,1-2H3,(H2,13,15)(H2,14,17). The number of rotatable bonds is 7. The third-order valence-corrected chi connectivity index (χ3v) is 4.44. The van der Waals surface area contributed by atoms with Crippen LogP contribution in [-0.4, -0.2) is 36.6 Å². The first-order valence-electron chi connectivity index (χ1n) is 6.36. The molecule has 1 atom stereocenters. The van der Waals surface area contributed by atoms with Gasteiger partial charge in [0.05, 0.1) is 6.61 Å². The van der Waals surface area contributed by atoms with Crippen LogP contribution in [0, 0.1) is 5.92 Å². The monoisotopic (exact) mass is 284 g/mol. The molecule has 19 heavy (non-hydrogen) atoms. The predicted molar refractivity (Wildman–Crippen MR) is 76.5 cm³/mol. The summed E-state index contributed by atoms with van der Waals surface area (Å²) in [5.41, 5.74) is 11.5. The van der Waals surface area contributed by atoms with Gasteiger partial charge in [-0.15, -0.1) is 0 Å². The molecule has 7 heteroatoms. The molecule has 1 aliphatic carbocycles. The number of methoxy groups -OCH3 is 1. The lowest BCUT2D eigenvalue weighted by Gasteiger charge is -2.30. The van der Waals surface area contributed by atoms with Crippen LogP contribution >= 0.6 is 11.5 Å². The van der Waals surface area contributed by atoms with Gasteiger partial charge in [0.15, 0.2) is 5.82 Å². The van der Waals surface area contributed by atoms with Gasteiger partial charge < -0.3 is 21.1 Å². The molecule has 1 fully saturated rings. The van der Waals surface area contributed by atoms with Gasteiger partial charge in [-0.25, -0.2) is 0 Å². The Labute approximate surface area is 116 Å². The van der Waals surface area contributed by atoms with Crippen molar-refractivity contribution in [3.63, 3.8) is 0 Å². The fraction of sp³-hybridized carbons (Fsp3) is 0.667. The number of amides is 1. The largest absolute Gasteiger partial charge is 0.383 e. The summed E-state index contributed by atoms with van der Waals surface area (Å²) in [6.07, 6.45) is 2.45. The summed E-state index contributed by atoms with van der Waals surface area (Å²) in [6, 6.07) is 0.341. The Morgan fingerprint density at radius 1 is 1.63 bits per heavy atom. The molecule has 1 amide bonds. The minimum atomic E-state index is -0.522. The topological polar surface area (TPSA) is 94.5 Å². The highest BCUT2D eigenvalue weighted by atomic mass is 32.1. The van der Waals surface area contributed by atoms with Crippen molar-refractivity contribution in [3.05, 3.63) is 5.56 Å². The molecule has 2 rings (SSSR count). The van der Waals surface area contributed by atoms with Crippen molar-refractivity contribution in [1.82, 2.24) is 4.37 Å². The third kappa shape index (κ3) is 2.98. The number of primary amides is 1. The highest BCUT2D eigenvalue weighted by molar-refractivity contribution is 7.11. The van der Waals surface area contributed by atoms with Crippen LogP contribution in [0.25, 0.3) is 0 Å². The highest BCUT2D eigenvalue weighted by Crippen LogP contribution is 2.39. The number of nitrogen functional groups attached to an aromatic ring is 1. The second kappa shape index (κ2) is 5.75. The van der Waals surface area contributed by atoms with E-state index in [4.69, 9.17) is 16.2 Å². The first-order valence-corrected chi connectivity index (χ1v) is 7.14. The van der Waals surface area contributed by atoms with E-state index in [1.807, 2.05) is 0 Å². The molecule has 1 heterocycles. The molecule has 1 aliphatic rings. The number of ether oxygens (including phenoxy) is 1. The Hall–Kier alpha value is -1.34. The van der Waals surface area contributed by atoms with Gasteiger partial charge in [0.1, 0.15) is 10.6 Å². The van der Waals surface area contributed by atoms with Crippen LogP contribution in [-0.2, 0) is 4.74 Å². The summed E-state index contributed by atoms with van der Waals surface area (Å²) in [5, 5.41) is 0.765. The summed E-state index contributed by atoms with van der Waals surface area (Å²) in [4.78, 5) is 13.7. The molecule has 0 saturated heterocycles. The average molecular weight is 284 g/mol. The minimum absolute atomic E-state index is 0.220. The Balaban J connectivity index is 2.28. The molecule has 0 spiro atoms. The molecular weight excluding hydrogens is 264 g/mol. The number of hydrogen-bond donors (Lipinski definition) is 2. The fourth-order valence-electron chi connectivity index (χ4n) is 2.23. The van der Waals surface area contributed by atoms with E-state index in [1.54, 1.807) is 7.11 Å². The second-order valence-corrected chi connectivity index (χ2v) is 5.63. The van der Waals surface area contributed by atoms with Crippen LogP contribution in [0.4, 0.5) is 10.8 Å². The molecule has 1 aromatic heterocycles. The molecule has 0 radical (unpaired) electrons. The minimum Gasteiger partial charge on any atom is -0.383 e. The van der Waals surface area contributed by atoms with Crippen LogP contribution in [0.1, 0.15) is 30.1 Å². The SMILES string of the molecule is COCCN(c1snc(N)c1C(N)=O)C(C)C1CC1. The first kappa shape index (κ1) is 14.1. The lowest BCUT2D eigenvalue weighted by molar-refractivity contribution is 0.100. The summed E-state index contributed by atoms with van der Waals surface area (Å²) in [5.74, 6) is 0.366.